The molecule has 0 saturated heterocycles. The van der Waals surface area contributed by atoms with E-state index in [0.717, 1.165) is 11.3 Å². The Balaban J connectivity index is 1.79. The third-order valence-corrected chi connectivity index (χ3v) is 3.50. The van der Waals surface area contributed by atoms with E-state index in [-0.39, 0.29) is 12.5 Å². The first-order valence-corrected chi connectivity index (χ1v) is 7.22. The molecule has 1 N–H and O–H groups in total. The van der Waals surface area contributed by atoms with Gasteiger partial charge >= 0.3 is 0 Å². The number of carbonyl (C=O) groups is 1. The summed E-state index contributed by atoms with van der Waals surface area (Å²) in [6.07, 6.45) is 1.62. The second-order valence-corrected chi connectivity index (χ2v) is 5.61. The minimum absolute atomic E-state index is 0.0740. The molecule has 0 bridgehead atoms. The Bertz CT molecular complexity index is 600. The number of hydrogen-bond acceptors (Lipinski definition) is 3. The molecule has 0 atom stereocenters. The standard InChI is InChI=1S/C15H16Cl2N2O2/c1-19(9-13-3-2-6-21-13)10-15(20)18-8-11-4-5-12(16)7-14(11)17/h2-7H,8-10H2,1H3,(H,18,20). The third-order valence-electron chi connectivity index (χ3n) is 2.91. The predicted molar refractivity (Wildman–Crippen MR) is 83.4 cm³/mol. The lowest BCUT2D eigenvalue weighted by atomic mass is 10.2. The van der Waals surface area contributed by atoms with Crippen LogP contribution in [0.25, 0.3) is 0 Å². The summed E-state index contributed by atoms with van der Waals surface area (Å²) in [5, 5.41) is 3.96. The highest BCUT2D eigenvalue weighted by molar-refractivity contribution is 6.35. The Hall–Kier alpha value is -1.49. The highest BCUT2D eigenvalue weighted by Gasteiger charge is 2.09. The average Bonchev–Trinajstić information content (AvgIpc) is 2.90. The van der Waals surface area contributed by atoms with E-state index in [4.69, 9.17) is 27.6 Å². The van der Waals surface area contributed by atoms with Crippen molar-refractivity contribution in [2.75, 3.05) is 13.6 Å². The summed E-state index contributed by atoms with van der Waals surface area (Å²) in [4.78, 5) is 13.8. The summed E-state index contributed by atoms with van der Waals surface area (Å²) in [6.45, 7) is 1.25. The van der Waals surface area contributed by atoms with Gasteiger partial charge in [-0.1, -0.05) is 29.3 Å². The number of carbonyl (C=O) groups excluding carboxylic acids is 1. The largest absolute Gasteiger partial charge is 0.468 e. The smallest absolute Gasteiger partial charge is 0.234 e. The number of benzene rings is 1. The number of nitrogens with one attached hydrogen (secondary N) is 1. The molecule has 0 unspecified atom stereocenters. The molecule has 0 aliphatic heterocycles. The van der Waals surface area contributed by atoms with Crippen molar-refractivity contribution >= 4 is 29.1 Å². The van der Waals surface area contributed by atoms with Crippen LogP contribution in [0.1, 0.15) is 11.3 Å². The van der Waals surface area contributed by atoms with E-state index in [1.807, 2.05) is 24.1 Å². The van der Waals surface area contributed by atoms with Crippen molar-refractivity contribution in [3.8, 4) is 0 Å². The van der Waals surface area contributed by atoms with Gasteiger partial charge in [0, 0.05) is 16.6 Å². The van der Waals surface area contributed by atoms with Crippen molar-refractivity contribution in [3.63, 3.8) is 0 Å². The van der Waals surface area contributed by atoms with E-state index in [0.29, 0.717) is 23.1 Å². The topological polar surface area (TPSA) is 45.5 Å². The van der Waals surface area contributed by atoms with Crippen LogP contribution in [0.15, 0.2) is 41.0 Å². The molecule has 0 aliphatic carbocycles. The van der Waals surface area contributed by atoms with Crippen molar-refractivity contribution < 1.29 is 9.21 Å². The molecule has 2 aromatic rings. The van der Waals surface area contributed by atoms with Crippen molar-refractivity contribution in [2.45, 2.75) is 13.1 Å². The minimum atomic E-state index is -0.0740. The first-order chi connectivity index (χ1) is 10.0. The molecule has 0 saturated carbocycles. The molecule has 2 rings (SSSR count). The molecule has 0 aliphatic rings. The Morgan fingerprint density at radius 1 is 1.33 bits per heavy atom. The summed E-state index contributed by atoms with van der Waals surface area (Å²) >= 11 is 11.9. The van der Waals surface area contributed by atoms with Crippen LogP contribution in [-0.4, -0.2) is 24.4 Å². The van der Waals surface area contributed by atoms with Crippen LogP contribution < -0.4 is 5.32 Å². The maximum Gasteiger partial charge on any atom is 0.234 e. The van der Waals surface area contributed by atoms with Crippen molar-refractivity contribution in [1.82, 2.24) is 10.2 Å². The number of likely N-dealkylation sites (N-methyl/N-ethyl adjacent to an activating group) is 1. The zero-order valence-corrected chi connectivity index (χ0v) is 13.1. The molecule has 0 fully saturated rings. The van der Waals surface area contributed by atoms with Gasteiger partial charge in [-0.2, -0.15) is 0 Å². The summed E-state index contributed by atoms with van der Waals surface area (Å²) in [7, 11) is 1.86. The van der Waals surface area contributed by atoms with Crippen LogP contribution in [0, 0.1) is 0 Å². The summed E-state index contributed by atoms with van der Waals surface area (Å²) in [5.74, 6) is 0.751. The van der Waals surface area contributed by atoms with Gasteiger partial charge in [0.05, 0.1) is 19.4 Å². The molecule has 21 heavy (non-hydrogen) atoms. The summed E-state index contributed by atoms with van der Waals surface area (Å²) < 4.78 is 5.24. The van der Waals surface area contributed by atoms with Gasteiger partial charge in [0.25, 0.3) is 0 Å². The van der Waals surface area contributed by atoms with Crippen LogP contribution >= 0.6 is 23.2 Å². The number of furan rings is 1. The van der Waals surface area contributed by atoms with Gasteiger partial charge in [0.2, 0.25) is 5.91 Å². The van der Waals surface area contributed by atoms with Gasteiger partial charge < -0.3 is 9.73 Å². The number of rotatable bonds is 6. The van der Waals surface area contributed by atoms with Gasteiger partial charge in [-0.15, -0.1) is 0 Å². The summed E-state index contributed by atoms with van der Waals surface area (Å²) in [6, 6.07) is 8.91. The van der Waals surface area contributed by atoms with E-state index < -0.39 is 0 Å². The number of nitrogens with zero attached hydrogens (tertiary/aromatic N) is 1. The number of hydrogen-bond donors (Lipinski definition) is 1. The maximum atomic E-state index is 11.9. The van der Waals surface area contributed by atoms with Crippen LogP contribution in [0.4, 0.5) is 0 Å². The lowest BCUT2D eigenvalue weighted by molar-refractivity contribution is -0.122. The fourth-order valence-electron chi connectivity index (χ4n) is 1.88. The zero-order chi connectivity index (χ0) is 15.2. The SMILES string of the molecule is CN(CC(=O)NCc1ccc(Cl)cc1Cl)Cc1ccco1. The Labute approximate surface area is 133 Å². The molecule has 0 spiro atoms. The zero-order valence-electron chi connectivity index (χ0n) is 11.6. The quantitative estimate of drug-likeness (QED) is 0.885. The van der Waals surface area contributed by atoms with Gasteiger partial charge in [0.1, 0.15) is 5.76 Å². The lowest BCUT2D eigenvalue weighted by Gasteiger charge is -2.15. The first kappa shape index (κ1) is 15.9. The van der Waals surface area contributed by atoms with Crippen LogP contribution in [0.5, 0.6) is 0 Å². The molecule has 1 amide bonds. The Morgan fingerprint density at radius 2 is 2.14 bits per heavy atom. The molecule has 1 aromatic carbocycles. The Kier molecular flexibility index (Phi) is 5.67. The fraction of sp³-hybridized carbons (Fsp3) is 0.267. The molecule has 112 valence electrons. The van der Waals surface area contributed by atoms with Gasteiger partial charge in [0.15, 0.2) is 0 Å². The molecule has 1 aromatic heterocycles. The second-order valence-electron chi connectivity index (χ2n) is 4.76. The monoisotopic (exact) mass is 326 g/mol. The van der Waals surface area contributed by atoms with Crippen LogP contribution in [-0.2, 0) is 17.9 Å². The second kappa shape index (κ2) is 7.50. The van der Waals surface area contributed by atoms with E-state index in [1.165, 1.54) is 0 Å². The fourth-order valence-corrected chi connectivity index (χ4v) is 2.36. The van der Waals surface area contributed by atoms with Gasteiger partial charge in [-0.3, -0.25) is 9.69 Å². The predicted octanol–water partition coefficient (Wildman–Crippen LogP) is 3.33. The maximum absolute atomic E-state index is 11.9. The van der Waals surface area contributed by atoms with Gasteiger partial charge in [-0.25, -0.2) is 0 Å². The number of halogens is 2. The highest BCUT2D eigenvalue weighted by Crippen LogP contribution is 2.20. The molecule has 6 heteroatoms. The van der Waals surface area contributed by atoms with Gasteiger partial charge in [-0.05, 0) is 36.9 Å². The van der Waals surface area contributed by atoms with Crippen LogP contribution in [0.3, 0.4) is 0 Å². The van der Waals surface area contributed by atoms with E-state index in [1.54, 1.807) is 24.5 Å². The lowest BCUT2D eigenvalue weighted by Crippen LogP contribution is -2.34. The Morgan fingerprint density at radius 3 is 2.81 bits per heavy atom. The first-order valence-electron chi connectivity index (χ1n) is 6.46. The normalized spacial score (nSPS) is 10.9. The number of amides is 1. The van der Waals surface area contributed by atoms with Crippen molar-refractivity contribution in [3.05, 3.63) is 58.0 Å². The van der Waals surface area contributed by atoms with E-state index in [9.17, 15) is 4.79 Å². The minimum Gasteiger partial charge on any atom is -0.468 e. The third kappa shape index (κ3) is 5.08. The summed E-state index contributed by atoms with van der Waals surface area (Å²) in [5.41, 5.74) is 0.836. The van der Waals surface area contributed by atoms with E-state index >= 15 is 0 Å². The highest BCUT2D eigenvalue weighted by atomic mass is 35.5. The average molecular weight is 327 g/mol. The van der Waals surface area contributed by atoms with E-state index in [2.05, 4.69) is 5.32 Å². The van der Waals surface area contributed by atoms with Crippen molar-refractivity contribution in [2.24, 2.45) is 0 Å². The molecule has 4 nitrogen and oxygen atoms in total. The molecular weight excluding hydrogens is 311 g/mol. The molecule has 0 radical (unpaired) electrons. The van der Waals surface area contributed by atoms with Crippen LogP contribution in [0.2, 0.25) is 10.0 Å². The van der Waals surface area contributed by atoms with Crippen molar-refractivity contribution in [1.29, 1.82) is 0 Å². The molecule has 1 heterocycles. The molecular formula is C15H16Cl2N2O2.